The Balaban J connectivity index is 1.53. The Bertz CT molecular complexity index is 2300. The van der Waals surface area contributed by atoms with Gasteiger partial charge >= 0.3 is 17.2 Å². The van der Waals surface area contributed by atoms with E-state index in [2.05, 4.69) is 215 Å². The van der Waals surface area contributed by atoms with Crippen LogP contribution in [0.15, 0.2) is 48.5 Å². The van der Waals surface area contributed by atoms with Gasteiger partial charge in [-0.05, 0) is 88.8 Å². The van der Waals surface area contributed by atoms with Crippen molar-refractivity contribution in [2.24, 2.45) is 0 Å². The topological polar surface area (TPSA) is 55.4 Å². The molecular weight excluding hydrogens is 867 g/mol. The minimum atomic E-state index is -1.81. The van der Waals surface area contributed by atoms with Gasteiger partial charge in [-0.25, -0.2) is 0 Å². The van der Waals surface area contributed by atoms with E-state index in [1.54, 1.807) is 0 Å². The molecule has 6 rings (SSSR count). The van der Waals surface area contributed by atoms with Crippen molar-refractivity contribution < 1.29 is 27.1 Å². The summed E-state index contributed by atoms with van der Waals surface area (Å²) in [5.74, 6) is 3.37. The van der Waals surface area contributed by atoms with Crippen LogP contribution in [-0.4, -0.2) is 0 Å². The number of hydrogen-bond donors (Lipinski definition) is 0. The highest BCUT2D eigenvalue weighted by molar-refractivity contribution is 7.43. The van der Waals surface area contributed by atoms with Crippen molar-refractivity contribution in [3.63, 3.8) is 0 Å². The Labute approximate surface area is 410 Å². The lowest BCUT2D eigenvalue weighted by Crippen LogP contribution is -2.22. The maximum atomic E-state index is 7.24. The van der Waals surface area contributed by atoms with Crippen LogP contribution in [0.3, 0.4) is 0 Å². The first kappa shape index (κ1) is 53.2. The summed E-state index contributed by atoms with van der Waals surface area (Å²) in [6.07, 6.45) is 0.536. The fourth-order valence-corrected chi connectivity index (χ4v) is 10.7. The lowest BCUT2D eigenvalue weighted by atomic mass is 9.76. The molecule has 2 unspecified atom stereocenters. The summed E-state index contributed by atoms with van der Waals surface area (Å²) < 4.78 is 41.6. The molecule has 67 heavy (non-hydrogen) atoms. The van der Waals surface area contributed by atoms with Crippen molar-refractivity contribution in [1.29, 1.82) is 0 Å². The highest BCUT2D eigenvalue weighted by atomic mass is 31.2. The smallest absolute Gasteiger partial charge is 0.417 e. The van der Waals surface area contributed by atoms with E-state index in [1.807, 2.05) is 0 Å². The van der Waals surface area contributed by atoms with Gasteiger partial charge in [-0.1, -0.05) is 203 Å². The summed E-state index contributed by atoms with van der Waals surface area (Å²) in [6, 6.07) is 18.5. The Morgan fingerprint density at radius 1 is 0.358 bits per heavy atom. The van der Waals surface area contributed by atoms with Gasteiger partial charge in [0.25, 0.3) is 0 Å². The van der Waals surface area contributed by atoms with E-state index in [4.69, 9.17) is 27.1 Å². The number of rotatable bonds is 6. The average molecular weight is 953 g/mol. The van der Waals surface area contributed by atoms with E-state index in [0.29, 0.717) is 19.6 Å². The molecular formula is C59H86O6P2. The molecule has 0 bridgehead atoms. The summed E-state index contributed by atoms with van der Waals surface area (Å²) in [7, 11) is -3.63. The van der Waals surface area contributed by atoms with E-state index >= 15 is 0 Å². The summed E-state index contributed by atoms with van der Waals surface area (Å²) in [6.45, 7) is 55.2. The maximum Gasteiger partial charge on any atom is 0.463 e. The van der Waals surface area contributed by atoms with Crippen LogP contribution in [0.4, 0.5) is 0 Å². The van der Waals surface area contributed by atoms with Gasteiger partial charge in [-0.2, -0.15) is 0 Å². The van der Waals surface area contributed by atoms with Gasteiger partial charge in [0.15, 0.2) is 0 Å². The average Bonchev–Trinajstić information content (AvgIpc) is 3.14. The molecule has 0 amide bonds. The van der Waals surface area contributed by atoms with Gasteiger partial charge in [0.05, 0.1) is 13.2 Å². The van der Waals surface area contributed by atoms with Gasteiger partial charge in [0.2, 0.25) is 0 Å². The van der Waals surface area contributed by atoms with Crippen molar-refractivity contribution in [3.05, 3.63) is 115 Å². The van der Waals surface area contributed by atoms with E-state index < -0.39 is 17.2 Å². The molecule has 2 aliphatic rings. The maximum absolute atomic E-state index is 7.24. The second kappa shape index (κ2) is 17.9. The first-order valence-corrected chi connectivity index (χ1v) is 26.7. The predicted molar refractivity (Wildman–Crippen MR) is 284 cm³/mol. The van der Waals surface area contributed by atoms with Gasteiger partial charge in [-0.3, -0.25) is 9.05 Å². The minimum Gasteiger partial charge on any atom is -0.417 e. The molecule has 6 nitrogen and oxygen atoms in total. The third-order valence-electron chi connectivity index (χ3n) is 13.1. The van der Waals surface area contributed by atoms with Crippen molar-refractivity contribution in [3.8, 4) is 23.0 Å². The van der Waals surface area contributed by atoms with Crippen LogP contribution in [0.1, 0.15) is 233 Å². The minimum absolute atomic E-state index is 0.0227. The summed E-state index contributed by atoms with van der Waals surface area (Å²) >= 11 is 0. The van der Waals surface area contributed by atoms with E-state index in [1.165, 1.54) is 33.4 Å². The molecule has 0 saturated carbocycles. The zero-order valence-electron chi connectivity index (χ0n) is 46.1. The molecule has 2 aliphatic heterocycles. The molecule has 2 heterocycles. The fraction of sp³-hybridized carbons (Fsp3) is 0.593. The molecule has 0 aromatic heterocycles. The van der Waals surface area contributed by atoms with E-state index in [-0.39, 0.29) is 43.3 Å². The highest BCUT2D eigenvalue weighted by Crippen LogP contribution is 2.57. The Morgan fingerprint density at radius 3 is 0.896 bits per heavy atom. The SMILES string of the molecule is CC(C)(C)c1cc2c(c(C(C)(C)C)c1)OP(Oc1c(Cc3cc(C(C)(C)C)cc(C(C)(C)C)c3OP3OCc4cc(C(C)(C)C)cc(C(C)(C)C)c4O3)cc(C(C)(C)C)cc1C(C)(C)C)OC2. The second-order valence-corrected chi connectivity index (χ2v) is 29.7. The molecule has 0 saturated heterocycles. The first-order valence-electron chi connectivity index (χ1n) is 24.5. The molecule has 0 spiro atoms. The Morgan fingerprint density at radius 2 is 0.627 bits per heavy atom. The van der Waals surface area contributed by atoms with Gasteiger partial charge in [0, 0.05) is 39.8 Å². The molecule has 4 aromatic rings. The van der Waals surface area contributed by atoms with Crippen LogP contribution in [0, 0.1) is 0 Å². The normalized spacial score (nSPS) is 17.6. The third-order valence-corrected chi connectivity index (χ3v) is 15.1. The summed E-state index contributed by atoms with van der Waals surface area (Å²) in [5.41, 5.74) is 12.7. The molecule has 0 radical (unpaired) electrons. The lowest BCUT2D eigenvalue weighted by molar-refractivity contribution is 0.229. The monoisotopic (exact) mass is 953 g/mol. The van der Waals surface area contributed by atoms with Crippen molar-refractivity contribution in [2.75, 3.05) is 0 Å². The van der Waals surface area contributed by atoms with Crippen molar-refractivity contribution in [1.82, 2.24) is 0 Å². The van der Waals surface area contributed by atoms with Gasteiger partial charge in [0.1, 0.15) is 23.0 Å². The van der Waals surface area contributed by atoms with E-state index in [0.717, 1.165) is 56.4 Å². The van der Waals surface area contributed by atoms with E-state index in [9.17, 15) is 0 Å². The predicted octanol–water partition coefficient (Wildman–Crippen LogP) is 18.1. The lowest BCUT2D eigenvalue weighted by Gasteiger charge is -2.35. The van der Waals surface area contributed by atoms with Crippen LogP contribution in [0.5, 0.6) is 23.0 Å². The van der Waals surface area contributed by atoms with Crippen LogP contribution in [0.25, 0.3) is 0 Å². The largest absolute Gasteiger partial charge is 0.463 e. The van der Waals surface area contributed by atoms with Gasteiger partial charge < -0.3 is 18.1 Å². The molecule has 8 heteroatoms. The Kier molecular flexibility index (Phi) is 14.2. The second-order valence-electron chi connectivity index (χ2n) is 27.6. The van der Waals surface area contributed by atoms with Crippen molar-refractivity contribution >= 4 is 17.2 Å². The van der Waals surface area contributed by atoms with Crippen LogP contribution in [-0.2, 0) is 72.0 Å². The van der Waals surface area contributed by atoms with Crippen LogP contribution >= 0.6 is 17.2 Å². The molecule has 0 N–H and O–H groups in total. The Hall–Kier alpha value is -3.14. The molecule has 2 atom stereocenters. The molecule has 0 fully saturated rings. The van der Waals surface area contributed by atoms with Crippen molar-refractivity contribution in [2.45, 2.75) is 229 Å². The van der Waals surface area contributed by atoms with Crippen LogP contribution in [0.2, 0.25) is 0 Å². The quantitative estimate of drug-likeness (QED) is 0.180. The van der Waals surface area contributed by atoms with Gasteiger partial charge in [-0.15, -0.1) is 0 Å². The fourth-order valence-electron chi connectivity index (χ4n) is 8.51. The zero-order valence-corrected chi connectivity index (χ0v) is 47.9. The standard InChI is InChI=1S/C59H86O6P2/c1-52(2,3)40-26-36(48(44(30-40)56(13,14)15)62-66-60-34-38-28-42(54(7,8)9)32-46(50(38)64-66)58(19,20)21)25-37-27-41(53(4,5)6)31-45(57(16,17)18)49(37)63-67-61-35-39-29-43(55(10,11)12)33-47(51(39)65-67)59(22,23)24/h26-33H,25,34-35H2,1-24H3. The summed E-state index contributed by atoms with van der Waals surface area (Å²) in [4.78, 5) is 0. The number of fused-ring (bicyclic) bond motifs is 2. The molecule has 4 aromatic carbocycles. The molecule has 368 valence electrons. The molecule has 0 aliphatic carbocycles. The highest BCUT2D eigenvalue weighted by Gasteiger charge is 2.38. The zero-order chi connectivity index (χ0) is 50.4. The number of hydrogen-bond acceptors (Lipinski definition) is 6. The number of benzene rings is 4. The third kappa shape index (κ3) is 12.1. The first-order chi connectivity index (χ1) is 30.2. The summed E-state index contributed by atoms with van der Waals surface area (Å²) in [5, 5.41) is 0. The van der Waals surface area contributed by atoms with Crippen LogP contribution < -0.4 is 18.1 Å².